The quantitative estimate of drug-likeness (QED) is 0.832. The van der Waals surface area contributed by atoms with Crippen LogP contribution in [-0.2, 0) is 11.3 Å². The molecule has 0 aliphatic carbocycles. The van der Waals surface area contributed by atoms with Crippen LogP contribution in [0.5, 0.6) is 5.75 Å². The molecular formula is C16H15FO2. The molecule has 0 N–H and O–H groups in total. The van der Waals surface area contributed by atoms with Crippen molar-refractivity contribution in [3.63, 3.8) is 0 Å². The number of fused-ring (bicyclic) bond motifs is 1. The Kier molecular flexibility index (Phi) is 3.47. The molecule has 0 saturated heterocycles. The van der Waals surface area contributed by atoms with Crippen LogP contribution in [0.25, 0.3) is 0 Å². The van der Waals surface area contributed by atoms with Gasteiger partial charge in [0, 0.05) is 12.0 Å². The monoisotopic (exact) mass is 258 g/mol. The van der Waals surface area contributed by atoms with Crippen molar-refractivity contribution in [3.05, 3.63) is 65.5 Å². The summed E-state index contributed by atoms with van der Waals surface area (Å²) in [7, 11) is 0. The van der Waals surface area contributed by atoms with Gasteiger partial charge in [0.15, 0.2) is 0 Å². The first-order valence-electron chi connectivity index (χ1n) is 6.41. The lowest BCUT2D eigenvalue weighted by Crippen LogP contribution is -2.16. The molecule has 0 unspecified atom stereocenters. The maximum atomic E-state index is 12.8. The molecule has 0 radical (unpaired) electrons. The molecule has 0 saturated carbocycles. The maximum Gasteiger partial charge on any atom is 0.125 e. The molecule has 3 rings (SSSR count). The minimum atomic E-state index is -0.222. The molecule has 98 valence electrons. The van der Waals surface area contributed by atoms with Crippen LogP contribution in [0.3, 0.4) is 0 Å². The van der Waals surface area contributed by atoms with Gasteiger partial charge in [-0.05, 0) is 23.8 Å². The summed E-state index contributed by atoms with van der Waals surface area (Å²) in [5.74, 6) is 0.679. The van der Waals surface area contributed by atoms with Crippen LogP contribution in [0, 0.1) is 5.82 Å². The Bertz CT molecular complexity index is 551. The third-order valence-electron chi connectivity index (χ3n) is 3.27. The third-order valence-corrected chi connectivity index (χ3v) is 3.27. The molecule has 3 heteroatoms. The van der Waals surface area contributed by atoms with E-state index in [-0.39, 0.29) is 11.9 Å². The molecule has 0 bridgehead atoms. The molecule has 0 fully saturated rings. The number of halogens is 1. The molecule has 1 heterocycles. The normalized spacial score (nSPS) is 17.6. The highest BCUT2D eigenvalue weighted by Crippen LogP contribution is 2.34. The minimum absolute atomic E-state index is 0.0509. The summed E-state index contributed by atoms with van der Waals surface area (Å²) < 4.78 is 24.3. The number of hydrogen-bond acceptors (Lipinski definition) is 2. The highest BCUT2D eigenvalue weighted by Gasteiger charge is 2.21. The van der Waals surface area contributed by atoms with Crippen molar-refractivity contribution in [3.8, 4) is 5.75 Å². The molecule has 0 amide bonds. The van der Waals surface area contributed by atoms with Crippen molar-refractivity contribution in [2.45, 2.75) is 19.1 Å². The lowest BCUT2D eigenvalue weighted by Gasteiger charge is -2.26. The smallest absolute Gasteiger partial charge is 0.125 e. The molecule has 0 aromatic heterocycles. The largest absolute Gasteiger partial charge is 0.493 e. The molecule has 2 nitrogen and oxygen atoms in total. The van der Waals surface area contributed by atoms with Gasteiger partial charge in [-0.15, -0.1) is 0 Å². The Balaban J connectivity index is 1.69. The highest BCUT2D eigenvalue weighted by molar-refractivity contribution is 5.36. The fourth-order valence-corrected chi connectivity index (χ4v) is 2.26. The molecule has 0 spiro atoms. The lowest BCUT2D eigenvalue weighted by molar-refractivity contribution is 0.0127. The Morgan fingerprint density at radius 1 is 1.11 bits per heavy atom. The van der Waals surface area contributed by atoms with Crippen molar-refractivity contribution in [1.29, 1.82) is 0 Å². The van der Waals surface area contributed by atoms with Crippen molar-refractivity contribution < 1.29 is 13.9 Å². The zero-order chi connectivity index (χ0) is 13.1. The van der Waals surface area contributed by atoms with Crippen molar-refractivity contribution >= 4 is 0 Å². The van der Waals surface area contributed by atoms with Crippen LogP contribution in [0.15, 0.2) is 48.5 Å². The Morgan fingerprint density at radius 3 is 2.74 bits per heavy atom. The first-order chi connectivity index (χ1) is 9.33. The van der Waals surface area contributed by atoms with Crippen LogP contribution < -0.4 is 4.74 Å². The van der Waals surface area contributed by atoms with Gasteiger partial charge < -0.3 is 9.47 Å². The summed E-state index contributed by atoms with van der Waals surface area (Å²) in [4.78, 5) is 0. The average Bonchev–Trinajstić information content (AvgIpc) is 2.47. The van der Waals surface area contributed by atoms with Crippen LogP contribution in [0.1, 0.15) is 23.7 Å². The van der Waals surface area contributed by atoms with Crippen LogP contribution in [0.2, 0.25) is 0 Å². The van der Waals surface area contributed by atoms with Gasteiger partial charge in [-0.1, -0.05) is 30.3 Å². The van der Waals surface area contributed by atoms with Gasteiger partial charge in [0.2, 0.25) is 0 Å². The highest BCUT2D eigenvalue weighted by atomic mass is 19.1. The van der Waals surface area contributed by atoms with Gasteiger partial charge in [-0.2, -0.15) is 0 Å². The van der Waals surface area contributed by atoms with Gasteiger partial charge in [-0.25, -0.2) is 4.39 Å². The van der Waals surface area contributed by atoms with E-state index in [1.165, 1.54) is 12.1 Å². The number of rotatable bonds is 3. The van der Waals surface area contributed by atoms with Crippen LogP contribution in [-0.4, -0.2) is 6.61 Å². The van der Waals surface area contributed by atoms with E-state index in [4.69, 9.17) is 9.47 Å². The van der Waals surface area contributed by atoms with Crippen molar-refractivity contribution in [2.24, 2.45) is 0 Å². The summed E-state index contributed by atoms with van der Waals surface area (Å²) in [5.41, 5.74) is 2.07. The van der Waals surface area contributed by atoms with Gasteiger partial charge in [0.1, 0.15) is 11.6 Å². The second-order valence-corrected chi connectivity index (χ2v) is 4.60. The fourth-order valence-electron chi connectivity index (χ4n) is 2.26. The van der Waals surface area contributed by atoms with E-state index in [0.717, 1.165) is 23.3 Å². The minimum Gasteiger partial charge on any atom is -0.493 e. The van der Waals surface area contributed by atoms with Crippen molar-refractivity contribution in [2.75, 3.05) is 6.61 Å². The van der Waals surface area contributed by atoms with Gasteiger partial charge >= 0.3 is 0 Å². The summed E-state index contributed by atoms with van der Waals surface area (Å²) in [6, 6.07) is 14.4. The molecular weight excluding hydrogens is 243 g/mol. The van der Waals surface area contributed by atoms with Crippen LogP contribution in [0.4, 0.5) is 4.39 Å². The van der Waals surface area contributed by atoms with E-state index < -0.39 is 0 Å². The topological polar surface area (TPSA) is 18.5 Å². The molecule has 19 heavy (non-hydrogen) atoms. The van der Waals surface area contributed by atoms with Crippen LogP contribution >= 0.6 is 0 Å². The second-order valence-electron chi connectivity index (χ2n) is 4.60. The summed E-state index contributed by atoms with van der Waals surface area (Å²) in [6.45, 7) is 1.16. The lowest BCUT2D eigenvalue weighted by atomic mass is 10.0. The second kappa shape index (κ2) is 5.41. The van der Waals surface area contributed by atoms with E-state index in [0.29, 0.717) is 13.2 Å². The Hall–Kier alpha value is -1.87. The molecule has 1 aliphatic heterocycles. The van der Waals surface area contributed by atoms with E-state index in [1.54, 1.807) is 12.1 Å². The number of ether oxygens (including phenoxy) is 2. The number of para-hydroxylation sites is 1. The molecule has 2 aromatic rings. The molecule has 1 atom stereocenters. The summed E-state index contributed by atoms with van der Waals surface area (Å²) >= 11 is 0. The molecule has 1 aliphatic rings. The standard InChI is InChI=1S/C16H15FO2/c17-13-7-5-12(6-8-13)11-19-16-9-10-18-15-4-2-1-3-14(15)16/h1-8,16H,9-11H2/t16-/m1/s1. The zero-order valence-electron chi connectivity index (χ0n) is 10.5. The first kappa shape index (κ1) is 12.2. The van der Waals surface area contributed by atoms with E-state index >= 15 is 0 Å². The predicted octanol–water partition coefficient (Wildman–Crippen LogP) is 3.87. The Morgan fingerprint density at radius 2 is 1.89 bits per heavy atom. The van der Waals surface area contributed by atoms with Gasteiger partial charge in [0.25, 0.3) is 0 Å². The zero-order valence-corrected chi connectivity index (χ0v) is 10.5. The van der Waals surface area contributed by atoms with Crippen molar-refractivity contribution in [1.82, 2.24) is 0 Å². The first-order valence-corrected chi connectivity index (χ1v) is 6.41. The van der Waals surface area contributed by atoms with E-state index in [1.807, 2.05) is 24.3 Å². The average molecular weight is 258 g/mol. The predicted molar refractivity (Wildman–Crippen MR) is 70.5 cm³/mol. The fraction of sp³-hybridized carbons (Fsp3) is 0.250. The number of hydrogen-bond donors (Lipinski definition) is 0. The number of benzene rings is 2. The molecule has 2 aromatic carbocycles. The summed E-state index contributed by atoms with van der Waals surface area (Å²) in [6.07, 6.45) is 0.896. The maximum absolute atomic E-state index is 12.8. The van der Waals surface area contributed by atoms with E-state index in [2.05, 4.69) is 0 Å². The SMILES string of the molecule is Fc1ccc(CO[C@@H]2CCOc3ccccc32)cc1. The third kappa shape index (κ3) is 2.76. The van der Waals surface area contributed by atoms with Gasteiger partial charge in [0.05, 0.1) is 19.3 Å². The van der Waals surface area contributed by atoms with E-state index in [9.17, 15) is 4.39 Å². The Labute approximate surface area is 111 Å². The van der Waals surface area contributed by atoms with Gasteiger partial charge in [-0.3, -0.25) is 0 Å². The summed E-state index contributed by atoms with van der Waals surface area (Å²) in [5, 5.41) is 0.